The summed E-state index contributed by atoms with van der Waals surface area (Å²) in [6.45, 7) is 9.83. The molecule has 0 bridgehead atoms. The molecule has 3 aliphatic heterocycles. The molecule has 2 fully saturated rings. The topological polar surface area (TPSA) is 186 Å². The molecule has 302 valence electrons. The van der Waals surface area contributed by atoms with E-state index >= 15 is 0 Å². The van der Waals surface area contributed by atoms with Crippen molar-refractivity contribution in [3.63, 3.8) is 0 Å². The molecule has 2 saturated heterocycles. The number of aliphatic hydroxyl groups is 2. The molecule has 15 heteroatoms. The lowest BCUT2D eigenvalue weighted by atomic mass is 9.83. The Hall–Kier alpha value is -2.60. The van der Waals surface area contributed by atoms with Crippen LogP contribution in [0.2, 0.25) is 0 Å². The third-order valence-corrected chi connectivity index (χ3v) is 10.2. The van der Waals surface area contributed by atoms with Gasteiger partial charge in [-0.25, -0.2) is 0 Å². The van der Waals surface area contributed by atoms with Crippen molar-refractivity contribution in [2.45, 2.75) is 153 Å². The highest BCUT2D eigenvalue weighted by atomic mass is 16.7. The van der Waals surface area contributed by atoms with Gasteiger partial charge in [0.1, 0.15) is 42.9 Å². The van der Waals surface area contributed by atoms with E-state index in [-0.39, 0.29) is 25.0 Å². The summed E-state index contributed by atoms with van der Waals surface area (Å²) in [7, 11) is 6.38. The van der Waals surface area contributed by atoms with Crippen molar-refractivity contribution in [3.05, 3.63) is 24.3 Å². The first-order valence-electron chi connectivity index (χ1n) is 18.4. The number of methoxy groups -OCH3 is 2. The lowest BCUT2D eigenvalue weighted by Gasteiger charge is -2.50. The van der Waals surface area contributed by atoms with Gasteiger partial charge in [0, 0.05) is 46.3 Å². The van der Waals surface area contributed by atoms with Gasteiger partial charge in [-0.15, -0.1) is 0 Å². The predicted octanol–water partition coefficient (Wildman–Crippen LogP) is 2.28. The van der Waals surface area contributed by atoms with Gasteiger partial charge < -0.3 is 57.8 Å². The van der Waals surface area contributed by atoms with Crippen LogP contribution in [0.3, 0.4) is 0 Å². The molecule has 0 aromatic heterocycles. The number of aliphatic hydroxyl groups excluding tert-OH is 1. The van der Waals surface area contributed by atoms with Crippen molar-refractivity contribution < 1.29 is 67.3 Å². The first-order valence-corrected chi connectivity index (χ1v) is 18.4. The minimum Gasteiger partial charge on any atom is -0.462 e. The van der Waals surface area contributed by atoms with Crippen LogP contribution in [-0.4, -0.2) is 147 Å². The van der Waals surface area contributed by atoms with Crippen LogP contribution in [0, 0.1) is 11.8 Å². The van der Waals surface area contributed by atoms with Crippen LogP contribution in [0.15, 0.2) is 24.3 Å². The summed E-state index contributed by atoms with van der Waals surface area (Å²) in [5.41, 5.74) is -1.26. The van der Waals surface area contributed by atoms with Crippen LogP contribution in [0.1, 0.15) is 73.6 Å². The highest BCUT2D eigenvalue weighted by Gasteiger charge is 2.52. The van der Waals surface area contributed by atoms with Crippen LogP contribution in [0.4, 0.5) is 0 Å². The third-order valence-electron chi connectivity index (χ3n) is 10.2. The fourth-order valence-electron chi connectivity index (χ4n) is 7.68. The predicted molar refractivity (Wildman–Crippen MR) is 190 cm³/mol. The van der Waals surface area contributed by atoms with Gasteiger partial charge in [0.2, 0.25) is 0 Å². The molecule has 0 spiro atoms. The highest BCUT2D eigenvalue weighted by molar-refractivity contribution is 5.91. The van der Waals surface area contributed by atoms with E-state index < -0.39 is 109 Å². The number of ketones is 1. The van der Waals surface area contributed by atoms with Crippen molar-refractivity contribution in [3.8, 4) is 0 Å². The number of carbonyl (C=O) groups is 4. The van der Waals surface area contributed by atoms with Gasteiger partial charge >= 0.3 is 11.9 Å². The Morgan fingerprint density at radius 3 is 2.30 bits per heavy atom. The van der Waals surface area contributed by atoms with Crippen molar-refractivity contribution in [1.82, 2.24) is 4.90 Å². The van der Waals surface area contributed by atoms with E-state index in [0.29, 0.717) is 12.7 Å². The second-order valence-corrected chi connectivity index (χ2v) is 14.9. The van der Waals surface area contributed by atoms with Gasteiger partial charge in [0.05, 0.1) is 36.4 Å². The van der Waals surface area contributed by atoms with E-state index in [1.807, 2.05) is 0 Å². The molecule has 15 atom stereocenters. The Bertz CT molecular complexity index is 1270. The number of hydrogen-bond acceptors (Lipinski definition) is 15. The lowest BCUT2D eigenvalue weighted by Crippen LogP contribution is -2.65. The molecule has 2 N–H and O–H groups in total. The summed E-state index contributed by atoms with van der Waals surface area (Å²) in [5.74, 6) is -2.84. The number of aldehydes is 1. The van der Waals surface area contributed by atoms with Gasteiger partial charge in [-0.1, -0.05) is 25.2 Å². The molecule has 53 heavy (non-hydrogen) atoms. The van der Waals surface area contributed by atoms with Gasteiger partial charge in [-0.2, -0.15) is 0 Å². The third kappa shape index (κ3) is 12.2. The summed E-state index contributed by atoms with van der Waals surface area (Å²) in [6.07, 6.45) is -2.86. The maximum Gasteiger partial charge on any atom is 0.309 e. The fraction of sp³-hybridized carbons (Fsp3) is 0.789. The average molecular weight is 756 g/mol. The maximum atomic E-state index is 13.2. The fourth-order valence-corrected chi connectivity index (χ4v) is 7.68. The molecule has 15 nitrogen and oxygen atoms in total. The SMILES string of the molecule is COC1[C@@H](C)O[C@@H](OC2C(N(C)C)C(O)[C@H](O[C@H]3[C@@H](CC=O)C[C@@H](C)C(=O)/C=C/C=C/C[C@@H](C)OC(=O)C[C@@H](OC(C)=O)[C@@H]3OC)O[C@@H]2C)CC1(C)O. The molecule has 3 rings (SSSR count). The zero-order chi connectivity index (χ0) is 39.6. The molecule has 0 amide bonds. The second kappa shape index (κ2) is 20.4. The highest BCUT2D eigenvalue weighted by Crippen LogP contribution is 2.37. The number of nitrogens with zero attached hydrogens (tertiary/aromatic N) is 1. The largest absolute Gasteiger partial charge is 0.462 e. The molecule has 0 saturated carbocycles. The zero-order valence-corrected chi connectivity index (χ0v) is 32.7. The van der Waals surface area contributed by atoms with Crippen LogP contribution in [0.5, 0.6) is 0 Å². The standard InChI is InChI=1S/C38H61NO14/c1-21-18-26(16-17-40)34(35(46-9)28(51-25(5)41)19-29(43)48-22(2)14-12-11-13-15-27(21)42)53-37-32(44)31(39(7)8)33(23(3)50-37)52-30-20-38(6,45)36(47-10)24(4)49-30/h11-13,15,17,21-24,26,28,30-37,44-45H,14,16,18-20H2,1-10H3/b12-11+,15-13+/t21-,22-,23-,24-,26+,28-,30+,31?,32?,33?,34+,35+,36?,37+,38?/m1/s1. The number of hydrogen-bond donors (Lipinski definition) is 2. The van der Waals surface area contributed by atoms with Gasteiger partial charge in [0.25, 0.3) is 0 Å². The number of likely N-dealkylation sites (N-methyl/N-ethyl adjacent to an activating group) is 1. The number of cyclic esters (lactones) is 1. The maximum absolute atomic E-state index is 13.2. The molecule has 0 radical (unpaired) electrons. The minimum absolute atomic E-state index is 0.0964. The van der Waals surface area contributed by atoms with E-state index in [4.69, 9.17) is 37.9 Å². The number of ether oxygens (including phenoxy) is 8. The normalized spacial score (nSPS) is 42.1. The first kappa shape index (κ1) is 44.8. The molecule has 0 aromatic carbocycles. The van der Waals surface area contributed by atoms with E-state index in [2.05, 4.69) is 0 Å². The van der Waals surface area contributed by atoms with Crippen molar-refractivity contribution in [2.75, 3.05) is 28.3 Å². The van der Waals surface area contributed by atoms with Crippen molar-refractivity contribution >= 4 is 24.0 Å². The molecule has 3 aliphatic rings. The number of allylic oxidation sites excluding steroid dienone is 3. The average Bonchev–Trinajstić information content (AvgIpc) is 3.04. The van der Waals surface area contributed by atoms with E-state index in [9.17, 15) is 29.4 Å². The zero-order valence-electron chi connectivity index (χ0n) is 32.7. The minimum atomic E-state index is -1.36. The molecule has 0 aliphatic carbocycles. The Kier molecular flexibility index (Phi) is 17.2. The second-order valence-electron chi connectivity index (χ2n) is 14.9. The molecule has 5 unspecified atom stereocenters. The molecule has 3 heterocycles. The Morgan fingerprint density at radius 2 is 1.72 bits per heavy atom. The van der Waals surface area contributed by atoms with E-state index in [1.165, 1.54) is 27.2 Å². The van der Waals surface area contributed by atoms with Crippen LogP contribution >= 0.6 is 0 Å². The van der Waals surface area contributed by atoms with Crippen LogP contribution < -0.4 is 0 Å². The number of rotatable bonds is 10. The quantitative estimate of drug-likeness (QED) is 0.244. The summed E-state index contributed by atoms with van der Waals surface area (Å²) in [6, 6.07) is -0.733. The number of carbonyl (C=O) groups excluding carboxylic acids is 4. The summed E-state index contributed by atoms with van der Waals surface area (Å²) >= 11 is 0. The Morgan fingerprint density at radius 1 is 1.02 bits per heavy atom. The van der Waals surface area contributed by atoms with Crippen molar-refractivity contribution in [1.29, 1.82) is 0 Å². The van der Waals surface area contributed by atoms with Crippen LogP contribution in [0.25, 0.3) is 0 Å². The summed E-state index contributed by atoms with van der Waals surface area (Å²) in [5, 5.41) is 23.1. The first-order chi connectivity index (χ1) is 24.9. The smallest absolute Gasteiger partial charge is 0.309 e. The lowest BCUT2D eigenvalue weighted by molar-refractivity contribution is -0.344. The summed E-state index contributed by atoms with van der Waals surface area (Å²) < 4.78 is 48.1. The van der Waals surface area contributed by atoms with Gasteiger partial charge in [0.15, 0.2) is 18.4 Å². The van der Waals surface area contributed by atoms with E-state index in [0.717, 1.165) is 0 Å². The number of esters is 2. The molecule has 0 aromatic rings. The summed E-state index contributed by atoms with van der Waals surface area (Å²) in [4.78, 5) is 52.7. The van der Waals surface area contributed by atoms with E-state index in [1.54, 1.807) is 71.8 Å². The Balaban J connectivity index is 2.02. The van der Waals surface area contributed by atoms with Crippen LogP contribution in [-0.2, 0) is 57.1 Å². The Labute approximate surface area is 313 Å². The van der Waals surface area contributed by atoms with Gasteiger partial charge in [-0.05, 0) is 60.2 Å². The molecular formula is C38H61NO14. The molecular weight excluding hydrogens is 694 g/mol. The van der Waals surface area contributed by atoms with Gasteiger partial charge in [-0.3, -0.25) is 14.4 Å². The van der Waals surface area contributed by atoms with Crippen molar-refractivity contribution in [2.24, 2.45) is 11.8 Å². The monoisotopic (exact) mass is 755 g/mol.